The maximum Gasteiger partial charge on any atom is 0.174 e. The Bertz CT molecular complexity index is 1260. The summed E-state index contributed by atoms with van der Waals surface area (Å²) in [5.74, 6) is 0.767. The highest BCUT2D eigenvalue weighted by molar-refractivity contribution is 9.10. The zero-order valence-electron chi connectivity index (χ0n) is 17.4. The molecule has 2 aromatic heterocycles. The molecule has 2 aromatic carbocycles. The second-order valence-electron chi connectivity index (χ2n) is 7.45. The number of pyridine rings is 1. The molecule has 0 bridgehead atoms. The summed E-state index contributed by atoms with van der Waals surface area (Å²) < 4.78 is 8.91. The van der Waals surface area contributed by atoms with Gasteiger partial charge in [0.1, 0.15) is 11.8 Å². The third-order valence-electron chi connectivity index (χ3n) is 5.61. The zero-order chi connectivity index (χ0) is 22.1. The first kappa shape index (κ1) is 20.7. The second-order valence-corrected chi connectivity index (χ2v) is 8.75. The Morgan fingerprint density at radius 3 is 2.62 bits per heavy atom. The van der Waals surface area contributed by atoms with Crippen LogP contribution in [0.2, 0.25) is 0 Å². The van der Waals surface area contributed by atoms with Crippen LogP contribution in [-0.4, -0.2) is 21.8 Å². The summed E-state index contributed by atoms with van der Waals surface area (Å²) in [6.45, 7) is 0. The number of thiocarbonyl (C=S) groups is 1. The van der Waals surface area contributed by atoms with Crippen molar-refractivity contribution in [3.05, 3.63) is 107 Å². The van der Waals surface area contributed by atoms with Crippen molar-refractivity contribution in [3.8, 4) is 11.4 Å². The van der Waals surface area contributed by atoms with Crippen LogP contribution in [0.4, 0.5) is 5.69 Å². The number of methoxy groups -OCH3 is 1. The van der Waals surface area contributed by atoms with Gasteiger partial charge in [-0.1, -0.05) is 40.2 Å². The number of para-hydroxylation sites is 2. The third kappa shape index (κ3) is 3.67. The predicted octanol–water partition coefficient (Wildman–Crippen LogP) is 5.82. The first-order valence-corrected chi connectivity index (χ1v) is 11.4. The maximum atomic E-state index is 5.85. The fourth-order valence-corrected chi connectivity index (χ4v) is 4.97. The number of aromatic nitrogens is 2. The van der Waals surface area contributed by atoms with Crippen LogP contribution in [0, 0.1) is 0 Å². The molecule has 2 atom stereocenters. The monoisotopic (exact) mass is 504 g/mol. The van der Waals surface area contributed by atoms with E-state index < -0.39 is 0 Å². The lowest BCUT2D eigenvalue weighted by Crippen LogP contribution is -2.30. The Hall–Kier alpha value is -3.16. The molecule has 4 aromatic rings. The minimum Gasteiger partial charge on any atom is -0.495 e. The molecule has 1 aliphatic rings. The molecule has 0 spiro atoms. The van der Waals surface area contributed by atoms with E-state index in [-0.39, 0.29) is 12.1 Å². The number of nitrogens with zero attached hydrogens (tertiary/aromatic N) is 3. The van der Waals surface area contributed by atoms with E-state index in [0.29, 0.717) is 5.11 Å². The van der Waals surface area contributed by atoms with Gasteiger partial charge in [-0.2, -0.15) is 0 Å². The molecule has 0 radical (unpaired) electrons. The molecule has 1 fully saturated rings. The van der Waals surface area contributed by atoms with E-state index in [2.05, 4.69) is 66.2 Å². The molecule has 3 heterocycles. The molecule has 0 unspecified atom stereocenters. The van der Waals surface area contributed by atoms with Gasteiger partial charge in [-0.15, -0.1) is 0 Å². The molecular formula is C25H21BrN4OS. The van der Waals surface area contributed by atoms with Gasteiger partial charge >= 0.3 is 0 Å². The molecule has 1 saturated heterocycles. The van der Waals surface area contributed by atoms with Crippen molar-refractivity contribution in [1.29, 1.82) is 0 Å². The van der Waals surface area contributed by atoms with E-state index in [1.807, 2.05) is 60.8 Å². The van der Waals surface area contributed by atoms with Gasteiger partial charge in [0.2, 0.25) is 0 Å². The van der Waals surface area contributed by atoms with Gasteiger partial charge in [0, 0.05) is 28.2 Å². The summed E-state index contributed by atoms with van der Waals surface area (Å²) >= 11 is 9.45. The SMILES string of the molecule is COc1ccccc1N1C(=S)N[C@@H](c2ccccn2)[C@H]1c1cccn1-c1cccc(Br)c1. The fourth-order valence-electron chi connectivity index (χ4n) is 4.24. The van der Waals surface area contributed by atoms with Crippen LogP contribution in [0.3, 0.4) is 0 Å². The van der Waals surface area contributed by atoms with Gasteiger partial charge in [0.25, 0.3) is 0 Å². The largest absolute Gasteiger partial charge is 0.495 e. The lowest BCUT2D eigenvalue weighted by molar-refractivity contribution is 0.414. The van der Waals surface area contributed by atoms with E-state index in [4.69, 9.17) is 17.0 Å². The van der Waals surface area contributed by atoms with Gasteiger partial charge in [-0.05, 0) is 66.8 Å². The molecule has 5 rings (SSSR count). The number of rotatable bonds is 5. The van der Waals surface area contributed by atoms with Crippen LogP contribution in [0.1, 0.15) is 23.5 Å². The predicted molar refractivity (Wildman–Crippen MR) is 134 cm³/mol. The number of ether oxygens (including phenoxy) is 1. The van der Waals surface area contributed by atoms with Crippen molar-refractivity contribution in [3.63, 3.8) is 0 Å². The summed E-state index contributed by atoms with van der Waals surface area (Å²) in [5.41, 5.74) is 4.01. The second kappa shape index (κ2) is 8.76. The molecule has 32 heavy (non-hydrogen) atoms. The summed E-state index contributed by atoms with van der Waals surface area (Å²) in [6, 6.07) is 26.1. The van der Waals surface area contributed by atoms with Gasteiger partial charge in [-0.3, -0.25) is 4.98 Å². The number of halogens is 1. The number of nitrogens with one attached hydrogen (secondary N) is 1. The van der Waals surface area contributed by atoms with E-state index >= 15 is 0 Å². The molecule has 7 heteroatoms. The topological polar surface area (TPSA) is 42.3 Å². The molecule has 0 saturated carbocycles. The average molecular weight is 505 g/mol. The molecule has 1 aliphatic heterocycles. The number of benzene rings is 2. The van der Waals surface area contributed by atoms with Crippen molar-refractivity contribution in [1.82, 2.24) is 14.9 Å². The highest BCUT2D eigenvalue weighted by Gasteiger charge is 2.43. The van der Waals surface area contributed by atoms with Crippen LogP contribution in [0.25, 0.3) is 5.69 Å². The number of anilines is 1. The molecule has 0 amide bonds. The zero-order valence-corrected chi connectivity index (χ0v) is 19.8. The minimum atomic E-state index is -0.136. The summed E-state index contributed by atoms with van der Waals surface area (Å²) in [7, 11) is 1.68. The normalized spacial score (nSPS) is 17.9. The fraction of sp³-hybridized carbons (Fsp3) is 0.120. The summed E-state index contributed by atoms with van der Waals surface area (Å²) in [4.78, 5) is 6.78. The Morgan fingerprint density at radius 1 is 1.00 bits per heavy atom. The number of hydrogen-bond donors (Lipinski definition) is 1. The van der Waals surface area contributed by atoms with Crippen molar-refractivity contribution < 1.29 is 4.74 Å². The molecule has 0 aliphatic carbocycles. The van der Waals surface area contributed by atoms with Crippen molar-refractivity contribution in [2.24, 2.45) is 0 Å². The van der Waals surface area contributed by atoms with Crippen molar-refractivity contribution in [2.75, 3.05) is 12.0 Å². The average Bonchev–Trinajstić information content (AvgIpc) is 3.44. The molecular weight excluding hydrogens is 484 g/mol. The summed E-state index contributed by atoms with van der Waals surface area (Å²) in [5, 5.41) is 4.15. The Labute approximate surface area is 200 Å². The Morgan fingerprint density at radius 2 is 1.84 bits per heavy atom. The highest BCUT2D eigenvalue weighted by Crippen LogP contribution is 2.44. The van der Waals surface area contributed by atoms with E-state index in [9.17, 15) is 0 Å². The first-order valence-electron chi connectivity index (χ1n) is 10.2. The molecule has 160 valence electrons. The Balaban J connectivity index is 1.70. The smallest absolute Gasteiger partial charge is 0.174 e. The number of hydrogen-bond acceptors (Lipinski definition) is 3. The standard InChI is InChI=1S/C25H21BrN4OS/c1-31-22-13-3-2-11-20(22)30-24(23(28-25(30)32)19-10-4-5-14-27-19)21-12-7-15-29(21)18-9-6-8-17(26)16-18/h2-16,23-24H,1H3,(H,28,32)/t23-,24+/m0/s1. The maximum absolute atomic E-state index is 5.85. The van der Waals surface area contributed by atoms with Crippen LogP contribution >= 0.6 is 28.1 Å². The van der Waals surface area contributed by atoms with Gasteiger partial charge in [0.05, 0.1) is 24.5 Å². The van der Waals surface area contributed by atoms with E-state index in [1.54, 1.807) is 7.11 Å². The van der Waals surface area contributed by atoms with E-state index in [1.165, 1.54) is 0 Å². The first-order chi connectivity index (χ1) is 15.7. The van der Waals surface area contributed by atoms with Crippen LogP contribution in [0.5, 0.6) is 5.75 Å². The lowest BCUT2D eigenvalue weighted by Gasteiger charge is -2.30. The third-order valence-corrected chi connectivity index (χ3v) is 6.42. The van der Waals surface area contributed by atoms with Gasteiger partial charge in [0.15, 0.2) is 5.11 Å². The molecule has 5 nitrogen and oxygen atoms in total. The Kier molecular flexibility index (Phi) is 5.68. The van der Waals surface area contributed by atoms with Crippen molar-refractivity contribution >= 4 is 38.9 Å². The quantitative estimate of drug-likeness (QED) is 0.346. The van der Waals surface area contributed by atoms with Crippen LogP contribution < -0.4 is 15.0 Å². The van der Waals surface area contributed by atoms with Crippen LogP contribution in [0.15, 0.2) is 95.7 Å². The van der Waals surface area contributed by atoms with E-state index in [0.717, 1.165) is 33.0 Å². The van der Waals surface area contributed by atoms with Gasteiger partial charge < -0.3 is 19.5 Å². The molecule has 1 N–H and O–H groups in total. The summed E-state index contributed by atoms with van der Waals surface area (Å²) in [6.07, 6.45) is 3.89. The van der Waals surface area contributed by atoms with Crippen LogP contribution in [-0.2, 0) is 0 Å². The van der Waals surface area contributed by atoms with Crippen molar-refractivity contribution in [2.45, 2.75) is 12.1 Å². The minimum absolute atomic E-state index is 0.130. The highest BCUT2D eigenvalue weighted by atomic mass is 79.9. The van der Waals surface area contributed by atoms with Gasteiger partial charge in [-0.25, -0.2) is 0 Å². The lowest BCUT2D eigenvalue weighted by atomic mass is 10.0.